The summed E-state index contributed by atoms with van der Waals surface area (Å²) in [6.07, 6.45) is 1.35. The van der Waals surface area contributed by atoms with Gasteiger partial charge in [-0.1, -0.05) is 89.7 Å². The van der Waals surface area contributed by atoms with Gasteiger partial charge in [0, 0.05) is 12.5 Å². The number of hydrogen-bond acceptors (Lipinski definition) is 6. The number of oxime groups is 1. The van der Waals surface area contributed by atoms with Crippen molar-refractivity contribution in [2.24, 2.45) is 15.6 Å². The Balaban J connectivity index is 1.75. The van der Waals surface area contributed by atoms with E-state index < -0.39 is 17.3 Å². The molecule has 0 bridgehead atoms. The molecule has 0 amide bonds. The number of benzene rings is 3. The van der Waals surface area contributed by atoms with E-state index in [0.717, 1.165) is 28.8 Å². The van der Waals surface area contributed by atoms with Crippen LogP contribution in [0.15, 0.2) is 95.1 Å². The van der Waals surface area contributed by atoms with E-state index in [4.69, 9.17) is 9.83 Å². The molecule has 5 nitrogen and oxygen atoms in total. The number of aliphatic imine (C=N–C) groups is 1. The van der Waals surface area contributed by atoms with Crippen LogP contribution in [0, 0.1) is 5.41 Å². The second-order valence-corrected chi connectivity index (χ2v) is 9.18. The van der Waals surface area contributed by atoms with Crippen LogP contribution >= 0.6 is 11.8 Å². The zero-order valence-corrected chi connectivity index (χ0v) is 18.9. The molecule has 1 fully saturated rings. The number of ketones is 1. The molecule has 1 aliphatic carbocycles. The van der Waals surface area contributed by atoms with Crippen molar-refractivity contribution >= 4 is 39.3 Å². The third kappa shape index (κ3) is 3.80. The SMILES string of the molecule is CC(=O)O/N=C1\SC(=Nc2ccccc2)[C@]2(CCc3ccccc3C2=O)[C@H]1c1ccccc1. The van der Waals surface area contributed by atoms with Crippen LogP contribution in [-0.2, 0) is 16.1 Å². The Morgan fingerprint density at radius 1 is 0.970 bits per heavy atom. The van der Waals surface area contributed by atoms with Gasteiger partial charge < -0.3 is 4.84 Å². The Morgan fingerprint density at radius 2 is 1.64 bits per heavy atom. The molecule has 1 heterocycles. The third-order valence-corrected chi connectivity index (χ3v) is 7.33. The largest absolute Gasteiger partial charge is 0.332 e. The number of aryl methyl sites for hydroxylation is 1. The molecule has 0 N–H and O–H groups in total. The number of hydrogen-bond donors (Lipinski definition) is 0. The average molecular weight is 455 g/mol. The van der Waals surface area contributed by atoms with Gasteiger partial charge in [-0.25, -0.2) is 9.79 Å². The fourth-order valence-corrected chi connectivity index (χ4v) is 6.08. The number of carbonyl (C=O) groups is 2. The second kappa shape index (κ2) is 8.79. The van der Waals surface area contributed by atoms with Crippen molar-refractivity contribution in [1.82, 2.24) is 0 Å². The van der Waals surface area contributed by atoms with E-state index in [1.807, 2.05) is 84.9 Å². The van der Waals surface area contributed by atoms with E-state index >= 15 is 0 Å². The fourth-order valence-electron chi connectivity index (χ4n) is 4.70. The van der Waals surface area contributed by atoms with Crippen LogP contribution in [0.2, 0.25) is 0 Å². The zero-order valence-electron chi connectivity index (χ0n) is 18.1. The highest BCUT2D eigenvalue weighted by molar-refractivity contribution is 8.27. The molecule has 0 unspecified atom stereocenters. The van der Waals surface area contributed by atoms with Crippen molar-refractivity contribution < 1.29 is 14.4 Å². The molecule has 1 saturated heterocycles. The highest BCUT2D eigenvalue weighted by Crippen LogP contribution is 2.57. The lowest BCUT2D eigenvalue weighted by Gasteiger charge is -2.37. The van der Waals surface area contributed by atoms with Gasteiger partial charge in [0.2, 0.25) is 0 Å². The number of para-hydroxylation sites is 1. The Hall–Kier alpha value is -3.51. The summed E-state index contributed by atoms with van der Waals surface area (Å²) < 4.78 is 0. The summed E-state index contributed by atoms with van der Waals surface area (Å²) in [5.41, 5.74) is 2.57. The molecule has 0 radical (unpaired) electrons. The molecule has 1 aliphatic heterocycles. The molecule has 0 saturated carbocycles. The van der Waals surface area contributed by atoms with Crippen molar-refractivity contribution in [1.29, 1.82) is 0 Å². The first-order valence-corrected chi connectivity index (χ1v) is 11.7. The fraction of sp³-hybridized carbons (Fsp3) is 0.185. The van der Waals surface area contributed by atoms with E-state index in [1.54, 1.807) is 0 Å². The normalized spacial score (nSPS) is 24.3. The quantitative estimate of drug-likeness (QED) is 0.363. The summed E-state index contributed by atoms with van der Waals surface area (Å²) in [6.45, 7) is 1.32. The van der Waals surface area contributed by atoms with Crippen molar-refractivity contribution in [2.45, 2.75) is 25.7 Å². The Morgan fingerprint density at radius 3 is 2.36 bits per heavy atom. The van der Waals surface area contributed by atoms with Gasteiger partial charge in [0.25, 0.3) is 0 Å². The van der Waals surface area contributed by atoms with Crippen molar-refractivity contribution in [2.75, 3.05) is 0 Å². The minimum absolute atomic E-state index is 0.0356. The third-order valence-electron chi connectivity index (χ3n) is 6.16. The lowest BCUT2D eigenvalue weighted by Crippen LogP contribution is -2.44. The molecule has 6 heteroatoms. The maximum atomic E-state index is 14.3. The minimum atomic E-state index is -0.921. The Bertz CT molecular complexity index is 1270. The van der Waals surface area contributed by atoms with E-state index in [0.29, 0.717) is 16.5 Å². The van der Waals surface area contributed by atoms with Gasteiger partial charge in [-0.15, -0.1) is 0 Å². The molecule has 5 rings (SSSR count). The van der Waals surface area contributed by atoms with Crippen molar-refractivity contribution in [3.8, 4) is 0 Å². The summed E-state index contributed by atoms with van der Waals surface area (Å²) >= 11 is 1.34. The van der Waals surface area contributed by atoms with Gasteiger partial charge >= 0.3 is 5.97 Å². The van der Waals surface area contributed by atoms with Gasteiger partial charge in [-0.2, -0.15) is 0 Å². The lowest BCUT2D eigenvalue weighted by molar-refractivity contribution is -0.140. The topological polar surface area (TPSA) is 68.1 Å². The van der Waals surface area contributed by atoms with Crippen LogP contribution in [0.25, 0.3) is 0 Å². The summed E-state index contributed by atoms with van der Waals surface area (Å²) in [5.74, 6) is -0.863. The molecule has 3 aromatic carbocycles. The van der Waals surface area contributed by atoms with Gasteiger partial charge in [0.05, 0.1) is 22.1 Å². The summed E-state index contributed by atoms with van der Waals surface area (Å²) in [7, 11) is 0. The second-order valence-electron chi connectivity index (χ2n) is 8.17. The maximum Gasteiger partial charge on any atom is 0.332 e. The standard InChI is InChI=1S/C27H22N2O3S/c1-18(30)32-29-25-23(20-11-4-2-5-12-20)27(26(33-25)28-21-13-6-3-7-14-21)17-16-19-10-8-9-15-22(19)24(27)31/h2-15,23H,16-17H2,1H3/b28-26?,29-25-/t23-,27+/m0/s1. The predicted octanol–water partition coefficient (Wildman–Crippen LogP) is 5.94. The maximum absolute atomic E-state index is 14.3. The van der Waals surface area contributed by atoms with Crippen LogP contribution in [0.4, 0.5) is 5.69 Å². The first-order chi connectivity index (χ1) is 16.1. The van der Waals surface area contributed by atoms with E-state index in [-0.39, 0.29) is 5.78 Å². The van der Waals surface area contributed by atoms with Crippen LogP contribution in [0.1, 0.15) is 40.7 Å². The smallest absolute Gasteiger partial charge is 0.318 e. The molecule has 33 heavy (non-hydrogen) atoms. The highest BCUT2D eigenvalue weighted by atomic mass is 32.2. The van der Waals surface area contributed by atoms with Crippen LogP contribution in [-0.4, -0.2) is 21.8 Å². The number of carbonyl (C=O) groups excluding carboxylic acids is 2. The molecule has 2 aliphatic rings. The van der Waals surface area contributed by atoms with Gasteiger partial charge in [0.1, 0.15) is 5.04 Å². The van der Waals surface area contributed by atoms with Crippen molar-refractivity contribution in [3.63, 3.8) is 0 Å². The van der Waals surface area contributed by atoms with Gasteiger partial charge in [-0.3, -0.25) is 4.79 Å². The molecule has 0 aromatic heterocycles. The molecule has 3 aromatic rings. The van der Waals surface area contributed by atoms with E-state index in [2.05, 4.69) is 5.16 Å². The first kappa shape index (κ1) is 21.3. The van der Waals surface area contributed by atoms with Crippen LogP contribution in [0.3, 0.4) is 0 Å². The van der Waals surface area contributed by atoms with Gasteiger partial charge in [0.15, 0.2) is 5.78 Å². The molecule has 2 atom stereocenters. The zero-order chi connectivity index (χ0) is 22.8. The summed E-state index contributed by atoms with van der Waals surface area (Å²) in [5, 5.41) is 5.47. The van der Waals surface area contributed by atoms with Gasteiger partial charge in [-0.05, 0) is 36.1 Å². The average Bonchev–Trinajstić information content (AvgIpc) is 3.15. The first-order valence-electron chi connectivity index (χ1n) is 10.8. The van der Waals surface area contributed by atoms with Crippen LogP contribution < -0.4 is 0 Å². The monoisotopic (exact) mass is 454 g/mol. The molecule has 164 valence electrons. The molecule has 1 spiro atoms. The van der Waals surface area contributed by atoms with E-state index in [9.17, 15) is 9.59 Å². The minimum Gasteiger partial charge on any atom is -0.318 e. The lowest BCUT2D eigenvalue weighted by atomic mass is 9.62. The van der Waals surface area contributed by atoms with Crippen LogP contribution in [0.5, 0.6) is 0 Å². The Kier molecular flexibility index (Phi) is 5.68. The van der Waals surface area contributed by atoms with Crippen molar-refractivity contribution in [3.05, 3.63) is 102 Å². The number of Topliss-reactive ketones (excluding diaryl/α,β-unsaturated/α-hetero) is 1. The number of rotatable bonds is 3. The summed E-state index contributed by atoms with van der Waals surface area (Å²) in [4.78, 5) is 35.9. The highest BCUT2D eigenvalue weighted by Gasteiger charge is 2.59. The number of nitrogens with zero attached hydrogens (tertiary/aromatic N) is 2. The summed E-state index contributed by atoms with van der Waals surface area (Å²) in [6, 6.07) is 27.2. The Labute approximate surface area is 196 Å². The molecular weight excluding hydrogens is 432 g/mol. The predicted molar refractivity (Wildman–Crippen MR) is 131 cm³/mol. The van der Waals surface area contributed by atoms with E-state index in [1.165, 1.54) is 18.7 Å². The molecular formula is C27H22N2O3S. The number of fused-ring (bicyclic) bond motifs is 1. The number of thioether (sulfide) groups is 1.